The fraction of sp³-hybridized carbons (Fsp3) is 0.667. The molecular weight excluding hydrogens is 707 g/mol. The molecule has 0 bridgehead atoms. The third-order valence-corrected chi connectivity index (χ3v) is 11.9. The number of rotatable bonds is 39. The quantitative estimate of drug-likeness (QED) is 0.0425. The third-order valence-electron chi connectivity index (χ3n) is 11.9. The lowest BCUT2D eigenvalue weighted by Gasteiger charge is -2.17. The summed E-state index contributed by atoms with van der Waals surface area (Å²) in [6.45, 7) is 6.87. The highest BCUT2D eigenvalue weighted by Gasteiger charge is 2.30. The van der Waals surface area contributed by atoms with Crippen LogP contribution in [0, 0.1) is 0 Å². The minimum Gasteiger partial charge on any atom is -0.490 e. The van der Waals surface area contributed by atoms with E-state index in [0.717, 1.165) is 36.5 Å². The first kappa shape index (κ1) is 49.5. The summed E-state index contributed by atoms with van der Waals surface area (Å²) >= 11 is 0. The van der Waals surface area contributed by atoms with Gasteiger partial charge in [-0.1, -0.05) is 231 Å². The van der Waals surface area contributed by atoms with Crippen LogP contribution in [0.15, 0.2) is 72.8 Å². The van der Waals surface area contributed by atoms with Gasteiger partial charge >= 0.3 is 7.32 Å². The average Bonchev–Trinajstić information content (AvgIpc) is 3.24. The summed E-state index contributed by atoms with van der Waals surface area (Å²) in [5, 5.41) is 0. The highest BCUT2D eigenvalue weighted by atomic mass is 16.7. The molecule has 0 amide bonds. The molecule has 3 aromatic carbocycles. The summed E-state index contributed by atoms with van der Waals surface area (Å²) < 4.78 is 19.1. The van der Waals surface area contributed by atoms with Crippen molar-refractivity contribution in [1.82, 2.24) is 0 Å². The van der Waals surface area contributed by atoms with Gasteiger partial charge in [-0.3, -0.25) is 0 Å². The van der Waals surface area contributed by atoms with Crippen LogP contribution in [-0.4, -0.2) is 7.32 Å². The zero-order chi connectivity index (χ0) is 41.0. The summed E-state index contributed by atoms with van der Waals surface area (Å²) in [7, 11) is -0.895. The number of benzene rings is 3. The molecule has 0 aliphatic rings. The molecular formula is C54H87BO3. The normalized spacial score (nSPS) is 11.2. The van der Waals surface area contributed by atoms with Crippen LogP contribution in [0.2, 0.25) is 0 Å². The maximum atomic E-state index is 6.38. The maximum absolute atomic E-state index is 6.38. The van der Waals surface area contributed by atoms with Gasteiger partial charge in [0.25, 0.3) is 0 Å². The molecule has 0 aliphatic heterocycles. The number of hydrogen-bond acceptors (Lipinski definition) is 3. The van der Waals surface area contributed by atoms with Crippen LogP contribution >= 0.6 is 0 Å². The fourth-order valence-corrected chi connectivity index (χ4v) is 8.06. The second-order valence-corrected chi connectivity index (χ2v) is 17.4. The van der Waals surface area contributed by atoms with Crippen LogP contribution in [0.25, 0.3) is 0 Å². The van der Waals surface area contributed by atoms with E-state index in [2.05, 4.69) is 93.6 Å². The highest BCUT2D eigenvalue weighted by Crippen LogP contribution is 2.23. The molecule has 0 aliphatic carbocycles. The molecule has 3 nitrogen and oxygen atoms in total. The van der Waals surface area contributed by atoms with Crippen molar-refractivity contribution in [3.8, 4) is 17.2 Å². The van der Waals surface area contributed by atoms with E-state index in [1.807, 2.05) is 0 Å². The molecule has 0 saturated carbocycles. The standard InChI is InChI=1S/C54H87BO3/c1-4-7-10-13-16-19-22-25-28-31-34-49-37-43-52(44-38-49)56-55(57-53-45-39-50(40-46-53)35-32-29-26-23-20-17-14-11-8-5-2)58-54-47-41-51(42-48-54)36-33-30-27-24-21-18-15-12-9-6-3/h37-48H,4-36H2,1-3H3. The molecule has 4 heteroatoms. The summed E-state index contributed by atoms with van der Waals surface area (Å²) in [4.78, 5) is 0. The van der Waals surface area contributed by atoms with Crippen LogP contribution in [0.4, 0.5) is 0 Å². The van der Waals surface area contributed by atoms with Crippen molar-refractivity contribution in [1.29, 1.82) is 0 Å². The second-order valence-electron chi connectivity index (χ2n) is 17.4. The lowest BCUT2D eigenvalue weighted by molar-refractivity contribution is 0.307. The minimum atomic E-state index is -0.895. The maximum Gasteiger partial charge on any atom is 0.864 e. The van der Waals surface area contributed by atoms with E-state index in [1.165, 1.54) is 209 Å². The Balaban J connectivity index is 1.46. The summed E-state index contributed by atoms with van der Waals surface area (Å²) in [6.07, 6.45) is 44.3. The van der Waals surface area contributed by atoms with Crippen molar-refractivity contribution in [2.45, 2.75) is 233 Å². The van der Waals surface area contributed by atoms with Crippen LogP contribution < -0.4 is 14.0 Å². The lowest BCUT2D eigenvalue weighted by atomic mass is 10.0. The monoisotopic (exact) mass is 795 g/mol. The molecule has 0 atom stereocenters. The Morgan fingerprint density at radius 3 is 0.655 bits per heavy atom. The Bertz CT molecular complexity index is 1160. The van der Waals surface area contributed by atoms with Gasteiger partial charge in [-0.2, -0.15) is 0 Å². The molecule has 3 aromatic rings. The van der Waals surface area contributed by atoms with Gasteiger partial charge in [-0.25, -0.2) is 0 Å². The molecule has 3 rings (SSSR count). The van der Waals surface area contributed by atoms with Crippen molar-refractivity contribution in [3.63, 3.8) is 0 Å². The molecule has 0 fully saturated rings. The van der Waals surface area contributed by atoms with E-state index < -0.39 is 7.32 Å². The first-order valence-electron chi connectivity index (χ1n) is 25.0. The summed E-state index contributed by atoms with van der Waals surface area (Å²) in [6, 6.07) is 25.6. The van der Waals surface area contributed by atoms with Crippen molar-refractivity contribution >= 4 is 7.32 Å². The Morgan fingerprint density at radius 1 is 0.259 bits per heavy atom. The van der Waals surface area contributed by atoms with E-state index in [0.29, 0.717) is 0 Å². The number of hydrogen-bond donors (Lipinski definition) is 0. The van der Waals surface area contributed by atoms with Gasteiger partial charge in [0, 0.05) is 0 Å². The first-order chi connectivity index (χ1) is 28.7. The van der Waals surface area contributed by atoms with Gasteiger partial charge in [0.05, 0.1) is 0 Å². The van der Waals surface area contributed by atoms with E-state index in [1.54, 1.807) is 0 Å². The zero-order valence-electron chi connectivity index (χ0n) is 38.1. The van der Waals surface area contributed by atoms with Crippen LogP contribution in [0.3, 0.4) is 0 Å². The minimum absolute atomic E-state index is 0.756. The van der Waals surface area contributed by atoms with Crippen molar-refractivity contribution in [3.05, 3.63) is 89.5 Å². The predicted octanol–water partition coefficient (Wildman–Crippen LogP) is 17.6. The van der Waals surface area contributed by atoms with E-state index in [9.17, 15) is 0 Å². The Morgan fingerprint density at radius 2 is 0.448 bits per heavy atom. The van der Waals surface area contributed by atoms with E-state index in [-0.39, 0.29) is 0 Å². The molecule has 0 spiro atoms. The van der Waals surface area contributed by atoms with Crippen molar-refractivity contribution in [2.24, 2.45) is 0 Å². The molecule has 0 radical (unpaired) electrons. The Hall–Kier alpha value is -2.88. The van der Waals surface area contributed by atoms with Gasteiger partial charge in [-0.15, -0.1) is 0 Å². The largest absolute Gasteiger partial charge is 0.864 e. The Labute approximate surface area is 359 Å². The highest BCUT2D eigenvalue weighted by molar-refractivity contribution is 6.39. The van der Waals surface area contributed by atoms with Gasteiger partial charge < -0.3 is 14.0 Å². The van der Waals surface area contributed by atoms with Gasteiger partial charge in [-0.05, 0) is 91.6 Å². The number of aryl methyl sites for hydroxylation is 3. The summed E-state index contributed by atoms with van der Waals surface area (Å²) in [5.74, 6) is 2.27. The van der Waals surface area contributed by atoms with Crippen LogP contribution in [-0.2, 0) is 19.3 Å². The van der Waals surface area contributed by atoms with Crippen molar-refractivity contribution in [2.75, 3.05) is 0 Å². The SMILES string of the molecule is CCCCCCCCCCCCc1ccc(OB(Oc2ccc(CCCCCCCCCCCC)cc2)Oc2ccc(CCCCCCCCCCCC)cc2)cc1. The summed E-state index contributed by atoms with van der Waals surface area (Å²) in [5.41, 5.74) is 4.09. The second kappa shape index (κ2) is 34.9. The van der Waals surface area contributed by atoms with Gasteiger partial charge in [0.15, 0.2) is 0 Å². The first-order valence-corrected chi connectivity index (χ1v) is 25.0. The smallest absolute Gasteiger partial charge is 0.490 e. The fourth-order valence-electron chi connectivity index (χ4n) is 8.06. The number of unbranched alkanes of at least 4 members (excludes halogenated alkanes) is 27. The van der Waals surface area contributed by atoms with Crippen LogP contribution in [0.5, 0.6) is 17.2 Å². The van der Waals surface area contributed by atoms with Gasteiger partial charge in [0.2, 0.25) is 0 Å². The topological polar surface area (TPSA) is 27.7 Å². The molecule has 0 saturated heterocycles. The lowest BCUT2D eigenvalue weighted by Crippen LogP contribution is -2.37. The molecule has 324 valence electrons. The molecule has 0 N–H and O–H groups in total. The predicted molar refractivity (Wildman–Crippen MR) is 254 cm³/mol. The van der Waals surface area contributed by atoms with E-state index in [4.69, 9.17) is 14.0 Å². The van der Waals surface area contributed by atoms with E-state index >= 15 is 0 Å². The molecule has 58 heavy (non-hydrogen) atoms. The van der Waals surface area contributed by atoms with Crippen LogP contribution in [0.1, 0.15) is 230 Å². The zero-order valence-corrected chi connectivity index (χ0v) is 38.1. The average molecular weight is 795 g/mol. The molecule has 0 heterocycles. The van der Waals surface area contributed by atoms with Crippen molar-refractivity contribution < 1.29 is 14.0 Å². The van der Waals surface area contributed by atoms with Gasteiger partial charge in [0.1, 0.15) is 17.2 Å². The Kier molecular flexibility index (Phi) is 29.8. The third kappa shape index (κ3) is 25.6. The molecule has 0 unspecified atom stereocenters. The molecule has 0 aromatic heterocycles.